The van der Waals surface area contributed by atoms with Crippen LogP contribution in [0.1, 0.15) is 174 Å². The third-order valence-corrected chi connectivity index (χ3v) is 15.9. The molecule has 1 amide bonds. The Morgan fingerprint density at radius 2 is 0.761 bits per heavy atom. The van der Waals surface area contributed by atoms with Gasteiger partial charge in [0.05, 0.1) is 38.6 Å². The van der Waals surface area contributed by atoms with Gasteiger partial charge in [0.25, 0.3) is 0 Å². The van der Waals surface area contributed by atoms with E-state index >= 15 is 0 Å². The molecule has 3 fully saturated rings. The van der Waals surface area contributed by atoms with Crippen molar-refractivity contribution in [3.05, 3.63) is 146 Å². The molecule has 19 nitrogen and oxygen atoms in total. The van der Waals surface area contributed by atoms with Crippen LogP contribution in [0.15, 0.2) is 146 Å². The van der Waals surface area contributed by atoms with E-state index in [0.29, 0.717) is 12.8 Å². The van der Waals surface area contributed by atoms with E-state index in [2.05, 4.69) is 153 Å². The summed E-state index contributed by atoms with van der Waals surface area (Å²) in [6.07, 6.45) is 48.3. The summed E-state index contributed by atoms with van der Waals surface area (Å²) in [5, 5.41) is 120. The molecule has 0 aromatic rings. The highest BCUT2D eigenvalue weighted by atomic mass is 16.8. The van der Waals surface area contributed by atoms with Gasteiger partial charge >= 0.3 is 0 Å². The third-order valence-electron chi connectivity index (χ3n) is 15.9. The van der Waals surface area contributed by atoms with Crippen molar-refractivity contribution in [3.63, 3.8) is 0 Å². The second-order valence-corrected chi connectivity index (χ2v) is 23.5. The zero-order valence-corrected chi connectivity index (χ0v) is 55.0. The van der Waals surface area contributed by atoms with Crippen LogP contribution in [-0.2, 0) is 33.2 Å². The number of amides is 1. The van der Waals surface area contributed by atoms with Crippen molar-refractivity contribution in [1.82, 2.24) is 5.32 Å². The van der Waals surface area contributed by atoms with Crippen LogP contribution < -0.4 is 5.32 Å². The van der Waals surface area contributed by atoms with Gasteiger partial charge in [0.15, 0.2) is 18.9 Å². The molecule has 3 aliphatic rings. The highest BCUT2D eigenvalue weighted by molar-refractivity contribution is 5.76. The monoisotopic (exact) mass is 1300 g/mol. The number of allylic oxidation sites excluding steroid dienone is 23. The van der Waals surface area contributed by atoms with Crippen LogP contribution in [0.2, 0.25) is 0 Å². The number of nitrogens with one attached hydrogen (secondary N) is 1. The van der Waals surface area contributed by atoms with E-state index in [0.717, 1.165) is 96.3 Å². The van der Waals surface area contributed by atoms with E-state index in [-0.39, 0.29) is 12.3 Å². The molecule has 0 radical (unpaired) electrons. The fourth-order valence-electron chi connectivity index (χ4n) is 10.3. The molecular weight excluding hydrogens is 1180 g/mol. The topological polar surface area (TPSA) is 307 Å². The summed E-state index contributed by atoms with van der Waals surface area (Å²) < 4.78 is 34.2. The van der Waals surface area contributed by atoms with Gasteiger partial charge in [-0.25, -0.2) is 0 Å². The van der Waals surface area contributed by atoms with Gasteiger partial charge in [-0.05, 0) is 109 Å². The van der Waals surface area contributed by atoms with Crippen LogP contribution in [0, 0.1) is 0 Å². The predicted octanol–water partition coefficient (Wildman–Crippen LogP) is 8.76. The zero-order valence-electron chi connectivity index (χ0n) is 55.0. The lowest BCUT2D eigenvalue weighted by molar-refractivity contribution is -0.379. The molecule has 3 rings (SSSR count). The molecule has 0 aromatic carbocycles. The van der Waals surface area contributed by atoms with Crippen molar-refractivity contribution in [1.29, 1.82) is 0 Å². The Bertz CT molecular complexity index is 2240. The van der Waals surface area contributed by atoms with Crippen LogP contribution >= 0.6 is 0 Å². The second kappa shape index (κ2) is 52.9. The molecule has 0 aromatic heterocycles. The van der Waals surface area contributed by atoms with Crippen LogP contribution in [0.3, 0.4) is 0 Å². The highest BCUT2D eigenvalue weighted by Crippen LogP contribution is 2.33. The number of ether oxygens (including phenoxy) is 6. The summed E-state index contributed by atoms with van der Waals surface area (Å²) in [5.41, 5.74) is 0. The van der Waals surface area contributed by atoms with E-state index in [9.17, 15) is 61.0 Å². The summed E-state index contributed by atoms with van der Waals surface area (Å²) in [6, 6.07) is -1.02. The number of aliphatic hydroxyl groups is 11. The lowest BCUT2D eigenvalue weighted by atomic mass is 9.96. The summed E-state index contributed by atoms with van der Waals surface area (Å²) in [7, 11) is 0. The van der Waals surface area contributed by atoms with Gasteiger partial charge < -0.3 is 89.9 Å². The van der Waals surface area contributed by atoms with E-state index < -0.39 is 131 Å². The maximum atomic E-state index is 13.4. The Kier molecular flexibility index (Phi) is 47.1. The van der Waals surface area contributed by atoms with Crippen molar-refractivity contribution >= 4 is 5.91 Å². The quantitative estimate of drug-likeness (QED) is 0.0200. The number of carbonyl (C=O) groups excluding carboxylic acids is 1. The lowest BCUT2D eigenvalue weighted by Gasteiger charge is -2.48. The molecule has 92 heavy (non-hydrogen) atoms. The summed E-state index contributed by atoms with van der Waals surface area (Å²) >= 11 is 0. The standard InChI is InChI=1S/C73H117NO18/c1-3-5-7-9-11-13-15-17-19-20-21-22-23-24-25-26-27-28-29-30-31-32-33-34-35-36-37-39-41-43-45-47-49-51-61(79)74-56(57(78)50-48-46-44-42-40-38-18-16-14-12-10-8-6-4-2)55-87-71-67(85)64(82)69(59(53-76)89-71)92-73-68(86)65(83)70(60(54-77)90-73)91-72-66(84)63(81)62(80)58(52-75)88-72/h5,7,11,13,17,19,21-22,24-25,27-28,30-31,33-34,36-37,40-43,48,50,56-60,62-73,75-78,80-86H,3-4,6,8-10,12,14-16,18,20,23,26,29,32,35,38-39,44-47,49,51-55H2,1-2H3,(H,74,79)/b7-5-,13-11-,19-17-,22-21-,25-24-,28-27-,31-30-,34-33-,37-36-,42-40+,43-41-,50-48+. The number of hydrogen-bond donors (Lipinski definition) is 12. The zero-order chi connectivity index (χ0) is 66.8. The molecule has 0 spiro atoms. The first-order chi connectivity index (χ1) is 44.8. The molecule has 12 N–H and O–H groups in total. The molecule has 0 saturated carbocycles. The molecule has 0 bridgehead atoms. The smallest absolute Gasteiger partial charge is 0.220 e. The van der Waals surface area contributed by atoms with E-state index in [4.69, 9.17) is 28.4 Å². The van der Waals surface area contributed by atoms with E-state index in [1.807, 2.05) is 6.08 Å². The Morgan fingerprint density at radius 3 is 1.22 bits per heavy atom. The van der Waals surface area contributed by atoms with Crippen molar-refractivity contribution in [2.24, 2.45) is 0 Å². The minimum absolute atomic E-state index is 0.169. The first-order valence-electron chi connectivity index (χ1n) is 34.1. The summed E-state index contributed by atoms with van der Waals surface area (Å²) in [5.74, 6) is -0.336. The number of unbranched alkanes of at least 4 members (excludes halogenated alkanes) is 11. The molecule has 3 heterocycles. The minimum Gasteiger partial charge on any atom is -0.394 e. The van der Waals surface area contributed by atoms with Crippen LogP contribution in [-0.4, -0.2) is 193 Å². The van der Waals surface area contributed by atoms with Gasteiger partial charge in [-0.1, -0.05) is 205 Å². The molecule has 19 heteroatoms. The Labute approximate surface area is 549 Å². The SMILES string of the molecule is CC/C=C\C/C=C\C/C=C\C/C=C\C/C=C\C/C=C\C/C=C\C/C=C\C/C=C\C/C=C\CCCCC(=O)NC(COC1OC(CO)C(OC2OC(CO)C(OC3OC(CO)C(O)C(O)C3O)C(O)C2O)C(O)C1O)C(O)/C=C/CC/C=C/CCCCCCCCCC. The van der Waals surface area contributed by atoms with Crippen molar-refractivity contribution < 1.29 is 89.4 Å². The van der Waals surface area contributed by atoms with Crippen molar-refractivity contribution in [3.8, 4) is 0 Å². The molecule has 3 saturated heterocycles. The number of carbonyl (C=O) groups is 1. The number of aliphatic hydroxyl groups excluding tert-OH is 11. The maximum absolute atomic E-state index is 13.4. The molecule has 3 aliphatic heterocycles. The Morgan fingerprint density at radius 1 is 0.402 bits per heavy atom. The van der Waals surface area contributed by atoms with Gasteiger partial charge in [0, 0.05) is 6.42 Å². The largest absolute Gasteiger partial charge is 0.394 e. The maximum Gasteiger partial charge on any atom is 0.220 e. The van der Waals surface area contributed by atoms with Crippen LogP contribution in [0.5, 0.6) is 0 Å². The Hall–Kier alpha value is -4.33. The molecule has 17 atom stereocenters. The first kappa shape index (κ1) is 81.9. The number of rotatable bonds is 49. The second-order valence-electron chi connectivity index (χ2n) is 23.5. The average molecular weight is 1300 g/mol. The molecule has 17 unspecified atom stereocenters. The predicted molar refractivity (Wildman–Crippen MR) is 359 cm³/mol. The average Bonchev–Trinajstić information content (AvgIpc) is 0.840. The molecular formula is C73H117NO18. The van der Waals surface area contributed by atoms with E-state index in [1.165, 1.54) is 44.9 Å². The van der Waals surface area contributed by atoms with Gasteiger partial charge in [-0.3, -0.25) is 4.79 Å². The first-order valence-corrected chi connectivity index (χ1v) is 34.1. The van der Waals surface area contributed by atoms with Gasteiger partial charge in [0.1, 0.15) is 73.2 Å². The Balaban J connectivity index is 1.43. The minimum atomic E-state index is -1.99. The molecule has 522 valence electrons. The number of hydrogen-bond acceptors (Lipinski definition) is 18. The fraction of sp³-hybridized carbons (Fsp3) is 0.658. The van der Waals surface area contributed by atoms with Crippen molar-refractivity contribution in [2.45, 2.75) is 279 Å². The normalized spacial score (nSPS) is 28.6. The summed E-state index contributed by atoms with van der Waals surface area (Å²) in [6.45, 7) is 1.52. The third kappa shape index (κ3) is 34.4. The van der Waals surface area contributed by atoms with Crippen LogP contribution in [0.25, 0.3) is 0 Å². The van der Waals surface area contributed by atoms with Gasteiger partial charge in [0.2, 0.25) is 5.91 Å². The highest BCUT2D eigenvalue weighted by Gasteiger charge is 2.53. The van der Waals surface area contributed by atoms with Crippen molar-refractivity contribution in [2.75, 3.05) is 26.4 Å². The fourth-order valence-corrected chi connectivity index (χ4v) is 10.3. The van der Waals surface area contributed by atoms with E-state index in [1.54, 1.807) is 6.08 Å². The van der Waals surface area contributed by atoms with Gasteiger partial charge in [-0.2, -0.15) is 0 Å². The summed E-state index contributed by atoms with van der Waals surface area (Å²) in [4.78, 5) is 13.4. The van der Waals surface area contributed by atoms with Gasteiger partial charge in [-0.15, -0.1) is 0 Å². The van der Waals surface area contributed by atoms with Crippen LogP contribution in [0.4, 0.5) is 0 Å². The lowest BCUT2D eigenvalue weighted by Crippen LogP contribution is -2.66. The molecule has 0 aliphatic carbocycles.